The van der Waals surface area contributed by atoms with Crippen molar-refractivity contribution in [2.24, 2.45) is 5.73 Å². The Hall–Kier alpha value is -2.54. The molecule has 1 fully saturated rings. The summed E-state index contributed by atoms with van der Waals surface area (Å²) in [7, 11) is -2.46. The van der Waals surface area contributed by atoms with E-state index < -0.39 is 8.32 Å². The summed E-state index contributed by atoms with van der Waals surface area (Å²) in [6.45, 7) is 5.40. The van der Waals surface area contributed by atoms with Gasteiger partial charge in [0.2, 0.25) is 8.32 Å². The third-order valence-corrected chi connectivity index (χ3v) is 8.06. The zero-order valence-corrected chi connectivity index (χ0v) is 19.1. The van der Waals surface area contributed by atoms with Crippen LogP contribution in [0.25, 0.3) is 10.8 Å². The second-order valence-corrected chi connectivity index (χ2v) is 12.6. The zero-order valence-electron chi connectivity index (χ0n) is 18.1. The molecule has 0 unspecified atom stereocenters. The summed E-state index contributed by atoms with van der Waals surface area (Å²) in [4.78, 5) is 25.6. The van der Waals surface area contributed by atoms with Crippen LogP contribution in [0.3, 0.4) is 0 Å². The second kappa shape index (κ2) is 8.53. The third kappa shape index (κ3) is 4.42. The van der Waals surface area contributed by atoms with Gasteiger partial charge in [-0.2, -0.15) is 0 Å². The van der Waals surface area contributed by atoms with E-state index in [0.29, 0.717) is 30.8 Å². The van der Waals surface area contributed by atoms with Crippen molar-refractivity contribution in [1.29, 1.82) is 0 Å². The van der Waals surface area contributed by atoms with Crippen molar-refractivity contribution < 1.29 is 14.0 Å². The molecule has 0 atom stereocenters. The first-order valence-corrected chi connectivity index (χ1v) is 13.8. The lowest BCUT2D eigenvalue weighted by Crippen LogP contribution is -2.41. The van der Waals surface area contributed by atoms with Gasteiger partial charge < -0.3 is 15.4 Å². The Balaban J connectivity index is 1.51. The molecule has 0 saturated carbocycles. The molecule has 0 spiro atoms. The van der Waals surface area contributed by atoms with Gasteiger partial charge in [-0.15, -0.1) is 0 Å². The van der Waals surface area contributed by atoms with Gasteiger partial charge in [-0.05, 0) is 77.1 Å². The van der Waals surface area contributed by atoms with Crippen molar-refractivity contribution in [2.75, 3.05) is 13.1 Å². The van der Waals surface area contributed by atoms with Gasteiger partial charge in [0.25, 0.3) is 5.91 Å². The van der Waals surface area contributed by atoms with Crippen molar-refractivity contribution in [3.05, 3.63) is 77.1 Å². The fourth-order valence-corrected chi connectivity index (χ4v) is 5.95. The van der Waals surface area contributed by atoms with Crippen molar-refractivity contribution in [2.45, 2.75) is 38.4 Å². The molecule has 162 valence electrons. The normalized spacial score (nSPS) is 15.5. The second-order valence-electron chi connectivity index (χ2n) is 8.93. The van der Waals surface area contributed by atoms with E-state index >= 15 is 0 Å². The van der Waals surface area contributed by atoms with E-state index in [1.54, 1.807) is 6.07 Å². The molecule has 1 aliphatic heterocycles. The summed E-state index contributed by atoms with van der Waals surface area (Å²) in [6.07, 6.45) is 1.47. The van der Waals surface area contributed by atoms with Gasteiger partial charge in [-0.3, -0.25) is 4.79 Å². The Kier molecular flexibility index (Phi) is 5.97. The number of likely N-dealkylation sites (tertiary alicyclic amines) is 1. The molecule has 0 aliphatic carbocycles. The van der Waals surface area contributed by atoms with Crippen LogP contribution in [0, 0.1) is 5.82 Å². The maximum Gasteiger partial charge on any atom is 0.253 e. The minimum Gasteiger partial charge on any atom is -0.428 e. The van der Waals surface area contributed by atoms with Gasteiger partial charge >= 0.3 is 0 Å². The summed E-state index contributed by atoms with van der Waals surface area (Å²) in [5.74, 6) is -0.0865. The molecule has 1 aliphatic rings. The molecule has 0 bridgehead atoms. The van der Waals surface area contributed by atoms with Gasteiger partial charge in [0.1, 0.15) is 5.82 Å². The number of rotatable bonds is 4. The van der Waals surface area contributed by atoms with Gasteiger partial charge in [-0.25, -0.2) is 4.39 Å². The predicted molar refractivity (Wildman–Crippen MR) is 125 cm³/mol. The first-order valence-electron chi connectivity index (χ1n) is 10.8. The highest BCUT2D eigenvalue weighted by molar-refractivity contribution is 6.85. The Morgan fingerprint density at radius 3 is 2.55 bits per heavy atom. The van der Waals surface area contributed by atoms with Crippen LogP contribution in [0.5, 0.6) is 0 Å². The highest BCUT2D eigenvalue weighted by atomic mass is 28.4. The molecule has 3 N–H and O–H groups in total. The summed E-state index contributed by atoms with van der Waals surface area (Å²) in [5.41, 5.74) is 8.00. The number of benzene rings is 3. The van der Waals surface area contributed by atoms with E-state index in [1.165, 1.54) is 6.07 Å². The number of piperidine rings is 1. The maximum atomic E-state index is 14.3. The number of nitrogens with two attached hydrogens (primary N) is 1. The monoisotopic (exact) mass is 436 g/mol. The molecule has 4 nitrogen and oxygen atoms in total. The van der Waals surface area contributed by atoms with Gasteiger partial charge in [0.15, 0.2) is 0 Å². The smallest absolute Gasteiger partial charge is 0.253 e. The van der Waals surface area contributed by atoms with Crippen LogP contribution >= 0.6 is 0 Å². The number of hydrogen-bond acceptors (Lipinski definition) is 3. The lowest BCUT2D eigenvalue weighted by molar-refractivity contribution is 0.0712. The summed E-state index contributed by atoms with van der Waals surface area (Å²) in [5, 5.41) is 2.95. The van der Waals surface area contributed by atoms with Crippen molar-refractivity contribution >= 4 is 30.2 Å². The number of fused-ring (bicyclic) bond motifs is 1. The quantitative estimate of drug-likeness (QED) is 0.611. The lowest BCUT2D eigenvalue weighted by atomic mass is 9.88. The van der Waals surface area contributed by atoms with Gasteiger partial charge in [0.05, 0.1) is 0 Å². The van der Waals surface area contributed by atoms with Crippen LogP contribution in [0.2, 0.25) is 13.1 Å². The zero-order chi connectivity index (χ0) is 22.2. The highest BCUT2D eigenvalue weighted by Crippen LogP contribution is 2.31. The lowest BCUT2D eigenvalue weighted by Gasteiger charge is -2.32. The molecule has 3 aromatic carbocycles. The van der Waals surface area contributed by atoms with Gasteiger partial charge in [0, 0.05) is 25.2 Å². The maximum absolute atomic E-state index is 14.3. The van der Waals surface area contributed by atoms with E-state index in [4.69, 9.17) is 5.73 Å². The molecular formula is C25H29FN2O2Si. The van der Waals surface area contributed by atoms with Crippen LogP contribution in [0.4, 0.5) is 4.39 Å². The van der Waals surface area contributed by atoms with E-state index in [1.807, 2.05) is 60.5 Å². The average Bonchev–Trinajstić information content (AvgIpc) is 2.77. The number of carbonyl (C=O) groups is 1. The van der Waals surface area contributed by atoms with E-state index in [9.17, 15) is 14.0 Å². The molecule has 4 rings (SSSR count). The van der Waals surface area contributed by atoms with Crippen molar-refractivity contribution in [3.63, 3.8) is 0 Å². The topological polar surface area (TPSA) is 66.6 Å². The number of nitrogens with zero attached hydrogens (tertiary/aromatic N) is 1. The summed E-state index contributed by atoms with van der Waals surface area (Å²) >= 11 is 0. The number of amides is 1. The molecule has 1 amide bonds. The summed E-state index contributed by atoms with van der Waals surface area (Å²) < 4.78 is 14.3. The predicted octanol–water partition coefficient (Wildman–Crippen LogP) is 3.86. The Bertz CT molecular complexity index is 1120. The first-order chi connectivity index (χ1) is 14.8. The standard InChI is InChI=1S/C25H29FN2O2Si/c1-31(2,30)24-5-3-4-19-15-20(7-8-21(19)24)25(29)28-12-10-18(11-13-28)22-14-17(16-27)6-9-23(22)26/h3-9,14-15,18,30H,10-13,16,27H2,1-2H3. The van der Waals surface area contributed by atoms with Crippen LogP contribution in [-0.2, 0) is 6.54 Å². The first kappa shape index (κ1) is 21.7. The Labute approximate surface area is 183 Å². The van der Waals surface area contributed by atoms with E-state index in [-0.39, 0.29) is 17.6 Å². The molecule has 31 heavy (non-hydrogen) atoms. The Morgan fingerprint density at radius 1 is 1.13 bits per heavy atom. The fraction of sp³-hybridized carbons (Fsp3) is 0.320. The molecule has 1 saturated heterocycles. The molecule has 3 aromatic rings. The van der Waals surface area contributed by atoms with Crippen LogP contribution in [0.15, 0.2) is 54.6 Å². The molecule has 6 heteroatoms. The number of halogens is 1. The third-order valence-electron chi connectivity index (χ3n) is 6.30. The van der Waals surface area contributed by atoms with Crippen molar-refractivity contribution in [3.8, 4) is 0 Å². The Morgan fingerprint density at radius 2 is 1.87 bits per heavy atom. The van der Waals surface area contributed by atoms with Crippen LogP contribution in [-0.4, -0.2) is 37.0 Å². The highest BCUT2D eigenvalue weighted by Gasteiger charge is 2.27. The molecule has 0 radical (unpaired) electrons. The minimum atomic E-state index is -2.46. The largest absolute Gasteiger partial charge is 0.428 e. The SMILES string of the molecule is C[Si](C)(O)c1cccc2cc(C(=O)N3CCC(c4cc(CN)ccc4F)CC3)ccc12. The van der Waals surface area contributed by atoms with Crippen LogP contribution < -0.4 is 10.9 Å². The molecular weight excluding hydrogens is 407 g/mol. The van der Waals surface area contributed by atoms with Crippen molar-refractivity contribution in [1.82, 2.24) is 4.90 Å². The van der Waals surface area contributed by atoms with Gasteiger partial charge in [-0.1, -0.05) is 36.4 Å². The van der Waals surface area contributed by atoms with Crippen LogP contribution in [0.1, 0.15) is 40.2 Å². The minimum absolute atomic E-state index is 0.00226. The molecule has 1 heterocycles. The van der Waals surface area contributed by atoms with E-state index in [0.717, 1.165) is 34.4 Å². The van der Waals surface area contributed by atoms with E-state index in [2.05, 4.69) is 0 Å². The summed E-state index contributed by atoms with van der Waals surface area (Å²) in [6, 6.07) is 16.7. The fourth-order valence-electron chi connectivity index (χ4n) is 4.56. The average molecular weight is 437 g/mol. The molecule has 0 aromatic heterocycles. The number of carbonyl (C=O) groups excluding carboxylic acids is 1. The number of hydrogen-bond donors (Lipinski definition) is 2.